The lowest BCUT2D eigenvalue weighted by atomic mass is 9.97. The Bertz CT molecular complexity index is 862. The van der Waals surface area contributed by atoms with Crippen LogP contribution in [-0.2, 0) is 19.6 Å². The summed E-state index contributed by atoms with van der Waals surface area (Å²) in [6.45, 7) is 1.16. The van der Waals surface area contributed by atoms with E-state index in [2.05, 4.69) is 10.1 Å². The number of carbonyl (C=O) groups excluding carboxylic acids is 1. The number of nitrogens with zero attached hydrogens (tertiary/aromatic N) is 1. The molecule has 0 spiro atoms. The highest BCUT2D eigenvalue weighted by Gasteiger charge is 2.55. The van der Waals surface area contributed by atoms with Gasteiger partial charge in [0.2, 0.25) is 10.0 Å². The Morgan fingerprint density at radius 3 is 2.16 bits per heavy atom. The van der Waals surface area contributed by atoms with Gasteiger partial charge in [-0.15, -0.1) is 13.2 Å². The van der Waals surface area contributed by atoms with Crippen LogP contribution < -0.4 is 14.8 Å². The van der Waals surface area contributed by atoms with Crippen LogP contribution in [0.1, 0.15) is 25.7 Å². The van der Waals surface area contributed by atoms with Gasteiger partial charge in [0.15, 0.2) is 4.75 Å². The molecule has 0 saturated carbocycles. The Hall–Kier alpha value is -2.05. The minimum Gasteiger partial charge on any atom is -0.490 e. The van der Waals surface area contributed by atoms with Gasteiger partial charge in [-0.1, -0.05) is 0 Å². The summed E-state index contributed by atoms with van der Waals surface area (Å²) in [4.78, 5) is 12.4. The van der Waals surface area contributed by atoms with Gasteiger partial charge in [-0.2, -0.15) is 0 Å². The minimum atomic E-state index is -4.77. The first-order chi connectivity index (χ1) is 14.6. The number of hydrogen-bond acceptors (Lipinski definition) is 7. The number of halogens is 3. The third kappa shape index (κ3) is 5.24. The number of carbonyl (C=O) groups is 1. The van der Waals surface area contributed by atoms with Crippen LogP contribution in [0.2, 0.25) is 0 Å². The van der Waals surface area contributed by atoms with Crippen LogP contribution in [0, 0.1) is 0 Å². The Morgan fingerprint density at radius 1 is 1.10 bits per heavy atom. The molecule has 0 aromatic heterocycles. The number of piperidine rings is 2. The van der Waals surface area contributed by atoms with Crippen molar-refractivity contribution >= 4 is 16.0 Å². The molecular weight excluding hydrogens is 441 g/mol. The van der Waals surface area contributed by atoms with Gasteiger partial charge >= 0.3 is 12.3 Å². The Balaban J connectivity index is 1.61. The largest absolute Gasteiger partial charge is 0.573 e. The number of methoxy groups -OCH3 is 1. The number of rotatable bonds is 6. The molecule has 174 valence electrons. The maximum atomic E-state index is 13.3. The molecule has 0 bridgehead atoms. The van der Waals surface area contributed by atoms with Crippen molar-refractivity contribution in [2.75, 3.05) is 33.3 Å². The van der Waals surface area contributed by atoms with Crippen LogP contribution in [0.3, 0.4) is 0 Å². The van der Waals surface area contributed by atoms with Crippen LogP contribution in [0.15, 0.2) is 24.3 Å². The van der Waals surface area contributed by atoms with Crippen LogP contribution in [-0.4, -0.2) is 69.2 Å². The number of nitrogens with one attached hydrogen (secondary N) is 1. The molecule has 3 rings (SSSR count). The number of hydrogen-bond donors (Lipinski definition) is 1. The average Bonchev–Trinajstić information content (AvgIpc) is 2.74. The van der Waals surface area contributed by atoms with Crippen LogP contribution in [0.5, 0.6) is 11.5 Å². The highest BCUT2D eigenvalue weighted by atomic mass is 32.2. The van der Waals surface area contributed by atoms with E-state index in [0.717, 1.165) is 12.1 Å². The zero-order valence-electron chi connectivity index (χ0n) is 17.0. The summed E-state index contributed by atoms with van der Waals surface area (Å²) >= 11 is 0. The van der Waals surface area contributed by atoms with E-state index in [1.807, 2.05) is 0 Å². The topological polar surface area (TPSA) is 94.2 Å². The van der Waals surface area contributed by atoms with Gasteiger partial charge in [-0.3, -0.25) is 4.79 Å². The second kappa shape index (κ2) is 9.21. The first kappa shape index (κ1) is 23.6. The van der Waals surface area contributed by atoms with Crippen molar-refractivity contribution in [1.29, 1.82) is 0 Å². The molecule has 0 atom stereocenters. The summed E-state index contributed by atoms with van der Waals surface area (Å²) in [7, 11) is -2.75. The number of sulfonamides is 1. The molecule has 0 aliphatic carbocycles. The molecule has 2 aliphatic rings. The quantitative estimate of drug-likeness (QED) is 0.642. The summed E-state index contributed by atoms with van der Waals surface area (Å²) in [6.07, 6.45) is -4.01. The van der Waals surface area contributed by atoms with Gasteiger partial charge in [0.1, 0.15) is 17.6 Å². The molecule has 0 unspecified atom stereocenters. The minimum absolute atomic E-state index is 0.144. The summed E-state index contributed by atoms with van der Waals surface area (Å²) in [5.74, 6) is -0.732. The third-order valence-corrected chi connectivity index (χ3v) is 8.17. The van der Waals surface area contributed by atoms with Crippen LogP contribution in [0.25, 0.3) is 0 Å². The van der Waals surface area contributed by atoms with E-state index < -0.39 is 27.1 Å². The third-order valence-electron chi connectivity index (χ3n) is 5.56. The molecule has 1 N–H and O–H groups in total. The van der Waals surface area contributed by atoms with Crippen molar-refractivity contribution in [1.82, 2.24) is 9.62 Å². The van der Waals surface area contributed by atoms with Crippen molar-refractivity contribution in [2.45, 2.75) is 42.9 Å². The summed E-state index contributed by atoms with van der Waals surface area (Å²) in [6, 6.07) is 5.04. The fourth-order valence-corrected chi connectivity index (χ4v) is 6.13. The highest BCUT2D eigenvalue weighted by Crippen LogP contribution is 2.34. The molecule has 2 saturated heterocycles. The zero-order chi connectivity index (χ0) is 22.7. The number of benzene rings is 1. The second-order valence-corrected chi connectivity index (χ2v) is 9.72. The molecule has 2 heterocycles. The maximum Gasteiger partial charge on any atom is 0.573 e. The van der Waals surface area contributed by atoms with Gasteiger partial charge in [-0.05, 0) is 63.0 Å². The monoisotopic (exact) mass is 466 g/mol. The molecule has 12 heteroatoms. The summed E-state index contributed by atoms with van der Waals surface area (Å²) < 4.78 is 77.5. The fourth-order valence-electron chi connectivity index (χ4n) is 3.93. The predicted molar refractivity (Wildman–Crippen MR) is 104 cm³/mol. The number of esters is 1. The zero-order valence-corrected chi connectivity index (χ0v) is 17.8. The van der Waals surface area contributed by atoms with Gasteiger partial charge in [0.05, 0.1) is 7.11 Å². The first-order valence-electron chi connectivity index (χ1n) is 9.89. The van der Waals surface area contributed by atoms with Crippen molar-refractivity contribution in [2.24, 2.45) is 0 Å². The van der Waals surface area contributed by atoms with E-state index in [1.54, 1.807) is 0 Å². The first-order valence-corrected chi connectivity index (χ1v) is 11.3. The molecule has 1 aromatic carbocycles. The Morgan fingerprint density at radius 2 is 1.65 bits per heavy atom. The van der Waals surface area contributed by atoms with Crippen molar-refractivity contribution in [3.8, 4) is 11.5 Å². The smallest absolute Gasteiger partial charge is 0.490 e. The van der Waals surface area contributed by atoms with Crippen LogP contribution >= 0.6 is 0 Å². The Labute approximate surface area is 178 Å². The lowest BCUT2D eigenvalue weighted by Crippen LogP contribution is -2.59. The van der Waals surface area contributed by atoms with Crippen molar-refractivity contribution in [3.63, 3.8) is 0 Å². The van der Waals surface area contributed by atoms with Crippen LogP contribution in [0.4, 0.5) is 13.2 Å². The van der Waals surface area contributed by atoms with Crippen molar-refractivity contribution in [3.05, 3.63) is 24.3 Å². The van der Waals surface area contributed by atoms with Gasteiger partial charge < -0.3 is 19.5 Å². The van der Waals surface area contributed by atoms with Gasteiger partial charge in [-0.25, -0.2) is 12.7 Å². The molecule has 2 fully saturated rings. The number of ether oxygens (including phenoxy) is 3. The molecule has 2 aliphatic heterocycles. The second-order valence-electron chi connectivity index (χ2n) is 7.48. The molecule has 1 aromatic rings. The van der Waals surface area contributed by atoms with Crippen molar-refractivity contribution < 1.29 is 40.6 Å². The lowest BCUT2D eigenvalue weighted by Gasteiger charge is -2.40. The average molecular weight is 466 g/mol. The molecule has 8 nitrogen and oxygen atoms in total. The highest BCUT2D eigenvalue weighted by molar-refractivity contribution is 7.91. The molecule has 0 amide bonds. The molecule has 0 radical (unpaired) electrons. The Kier molecular flexibility index (Phi) is 7.01. The molecular formula is C19H25F3N2O6S. The maximum absolute atomic E-state index is 13.3. The van der Waals surface area contributed by atoms with E-state index >= 15 is 0 Å². The summed E-state index contributed by atoms with van der Waals surface area (Å²) in [5.41, 5.74) is 0. The van der Waals surface area contributed by atoms with E-state index in [4.69, 9.17) is 9.47 Å². The fraction of sp³-hybridized carbons (Fsp3) is 0.632. The van der Waals surface area contributed by atoms with E-state index in [9.17, 15) is 26.4 Å². The van der Waals surface area contributed by atoms with E-state index in [-0.39, 0.29) is 37.8 Å². The normalized spacial score (nSPS) is 20.8. The standard InChI is InChI=1S/C19H25F3N2O6S/c1-28-17(25)18(8-10-23-11-9-18)31(26,27)24-12-6-15(7-13-24)29-14-2-4-16(5-3-14)30-19(20,21)22/h2-5,15,23H,6-13H2,1H3. The SMILES string of the molecule is COC(=O)C1(S(=O)(=O)N2CCC(Oc3ccc(OC(F)(F)F)cc3)CC2)CCNCC1. The molecule has 31 heavy (non-hydrogen) atoms. The predicted octanol–water partition coefficient (Wildman–Crippen LogP) is 2.05. The summed E-state index contributed by atoms with van der Waals surface area (Å²) in [5, 5.41) is 3.06. The van der Waals surface area contributed by atoms with E-state index in [1.165, 1.54) is 23.5 Å². The lowest BCUT2D eigenvalue weighted by molar-refractivity contribution is -0.274. The van der Waals surface area contributed by atoms with Gasteiger partial charge in [0, 0.05) is 13.1 Å². The van der Waals surface area contributed by atoms with E-state index in [0.29, 0.717) is 31.7 Å². The van der Waals surface area contributed by atoms with Gasteiger partial charge in [0.25, 0.3) is 0 Å². The number of alkyl halides is 3.